The molecule has 314 valence electrons. The minimum Gasteiger partial charge on any atom is -0.208 e. The van der Waals surface area contributed by atoms with E-state index in [1.807, 2.05) is 0 Å². The first-order valence-corrected chi connectivity index (χ1v) is 23.5. The number of fused-ring (bicyclic) bond motifs is 20. The van der Waals surface area contributed by atoms with Crippen LogP contribution in [0.25, 0.3) is 89.8 Å². The van der Waals surface area contributed by atoms with Gasteiger partial charge in [-0.25, -0.2) is 15.0 Å². The second kappa shape index (κ2) is 13.9. The van der Waals surface area contributed by atoms with Gasteiger partial charge in [0.1, 0.15) is 0 Å². The Balaban J connectivity index is 1.06. The summed E-state index contributed by atoms with van der Waals surface area (Å²) in [6.07, 6.45) is 0. The van der Waals surface area contributed by atoms with Crippen molar-refractivity contribution in [2.45, 2.75) is 10.8 Å². The lowest BCUT2D eigenvalue weighted by Crippen LogP contribution is -2.28. The van der Waals surface area contributed by atoms with Gasteiger partial charge < -0.3 is 0 Å². The van der Waals surface area contributed by atoms with Crippen molar-refractivity contribution in [3.63, 3.8) is 0 Å². The second-order valence-corrected chi connectivity index (χ2v) is 18.5. The van der Waals surface area contributed by atoms with E-state index in [-0.39, 0.29) is 0 Å². The molecule has 68 heavy (non-hydrogen) atoms. The Bertz CT molecular complexity index is 3840. The molecule has 3 aliphatic carbocycles. The lowest BCUT2D eigenvalue weighted by atomic mass is 9.67. The average molecular weight is 862 g/mol. The Morgan fingerprint density at radius 2 is 0.618 bits per heavy atom. The molecule has 0 amide bonds. The van der Waals surface area contributed by atoms with E-state index in [2.05, 4.69) is 237 Å². The molecule has 2 heterocycles. The highest BCUT2D eigenvalue weighted by atomic mass is 15.0. The van der Waals surface area contributed by atoms with Gasteiger partial charge in [0, 0.05) is 16.7 Å². The summed E-state index contributed by atoms with van der Waals surface area (Å²) in [4.78, 5) is 16.8. The fraction of sp³-hybridized carbons (Fsp3) is 0.0308. The quantitative estimate of drug-likeness (QED) is 0.178. The van der Waals surface area contributed by atoms with Crippen molar-refractivity contribution >= 4 is 0 Å². The van der Waals surface area contributed by atoms with Crippen LogP contribution in [0.2, 0.25) is 0 Å². The van der Waals surface area contributed by atoms with E-state index in [0.29, 0.717) is 17.5 Å². The van der Waals surface area contributed by atoms with Crippen molar-refractivity contribution in [3.05, 3.63) is 281 Å². The van der Waals surface area contributed by atoms with E-state index in [1.165, 1.54) is 77.9 Å². The van der Waals surface area contributed by atoms with Gasteiger partial charge in [-0.1, -0.05) is 224 Å². The minimum absolute atomic E-state index is 0.495. The summed E-state index contributed by atoms with van der Waals surface area (Å²) >= 11 is 0. The minimum atomic E-state index is -0.604. The van der Waals surface area contributed by atoms with E-state index < -0.39 is 10.8 Å². The average Bonchev–Trinajstić information content (AvgIpc) is 4.01. The number of hydrogen-bond acceptors (Lipinski definition) is 3. The van der Waals surface area contributed by atoms with Gasteiger partial charge in [0.25, 0.3) is 0 Å². The molecule has 11 aromatic rings. The van der Waals surface area contributed by atoms with Gasteiger partial charge in [0.2, 0.25) is 0 Å². The van der Waals surface area contributed by atoms with Crippen LogP contribution in [0.15, 0.2) is 237 Å². The lowest BCUT2D eigenvalue weighted by molar-refractivity contribution is 0.768. The summed E-state index contributed by atoms with van der Waals surface area (Å²) in [5.41, 5.74) is 23.7. The summed E-state index contributed by atoms with van der Waals surface area (Å²) in [6.45, 7) is 0. The van der Waals surface area contributed by atoms with Crippen LogP contribution in [0.3, 0.4) is 0 Å². The largest absolute Gasteiger partial charge is 0.208 e. The van der Waals surface area contributed by atoms with Crippen LogP contribution < -0.4 is 0 Å². The summed E-state index contributed by atoms with van der Waals surface area (Å²) in [5, 5.41) is 0. The molecule has 15 rings (SSSR count). The van der Waals surface area contributed by atoms with Gasteiger partial charge in [-0.05, 0) is 112 Å². The summed E-state index contributed by atoms with van der Waals surface area (Å²) in [7, 11) is 0. The molecule has 1 spiro atoms. The monoisotopic (exact) mass is 861 g/mol. The van der Waals surface area contributed by atoms with Gasteiger partial charge in [-0.3, -0.25) is 0 Å². The number of rotatable bonds is 3. The molecule has 0 unspecified atom stereocenters. The van der Waals surface area contributed by atoms with Crippen LogP contribution in [-0.2, 0) is 10.8 Å². The van der Waals surface area contributed by atoms with Crippen LogP contribution in [-0.4, -0.2) is 15.0 Å². The van der Waals surface area contributed by atoms with Crippen molar-refractivity contribution in [1.82, 2.24) is 15.0 Å². The van der Waals surface area contributed by atoms with Crippen LogP contribution in [0.1, 0.15) is 44.5 Å². The van der Waals surface area contributed by atoms with E-state index in [0.717, 1.165) is 38.9 Å². The molecule has 3 nitrogen and oxygen atoms in total. The highest BCUT2D eigenvalue weighted by Crippen LogP contribution is 2.64. The Morgan fingerprint density at radius 3 is 1.22 bits per heavy atom. The zero-order chi connectivity index (χ0) is 44.6. The third-order valence-corrected chi connectivity index (χ3v) is 15.4. The summed E-state index contributed by atoms with van der Waals surface area (Å²) in [6, 6.07) is 87.1. The zero-order valence-electron chi connectivity index (χ0n) is 36.9. The Kier molecular flexibility index (Phi) is 7.63. The maximum Gasteiger partial charge on any atom is 0.164 e. The van der Waals surface area contributed by atoms with Crippen LogP contribution in [0.4, 0.5) is 0 Å². The maximum absolute atomic E-state index is 5.67. The predicted octanol–water partition coefficient (Wildman–Crippen LogP) is 15.2. The Hall–Kier alpha value is -8.79. The summed E-state index contributed by atoms with van der Waals surface area (Å²) < 4.78 is 0. The zero-order valence-corrected chi connectivity index (χ0v) is 36.9. The molecule has 0 radical (unpaired) electrons. The Morgan fingerprint density at radius 1 is 0.221 bits per heavy atom. The molecule has 0 fully saturated rings. The number of benzene rings is 10. The van der Waals surface area contributed by atoms with Crippen molar-refractivity contribution in [2.24, 2.45) is 0 Å². The molecular weight excluding hydrogens is 823 g/mol. The van der Waals surface area contributed by atoms with Crippen LogP contribution in [0, 0.1) is 0 Å². The van der Waals surface area contributed by atoms with Crippen molar-refractivity contribution in [3.8, 4) is 89.8 Å². The van der Waals surface area contributed by atoms with Crippen molar-refractivity contribution < 1.29 is 0 Å². The van der Waals surface area contributed by atoms with Crippen molar-refractivity contribution in [1.29, 1.82) is 0 Å². The van der Waals surface area contributed by atoms with E-state index in [4.69, 9.17) is 15.0 Å². The number of aromatic nitrogens is 3. The van der Waals surface area contributed by atoms with E-state index in [9.17, 15) is 0 Å². The normalized spacial score (nSPS) is 14.1. The van der Waals surface area contributed by atoms with Gasteiger partial charge in [0.05, 0.1) is 10.8 Å². The molecular formula is C65H39N3. The van der Waals surface area contributed by atoms with Crippen molar-refractivity contribution in [2.75, 3.05) is 0 Å². The summed E-state index contributed by atoms with van der Waals surface area (Å²) in [5.74, 6) is 1.93. The van der Waals surface area contributed by atoms with E-state index in [1.54, 1.807) is 0 Å². The smallest absolute Gasteiger partial charge is 0.164 e. The molecule has 1 aliphatic heterocycles. The molecule has 4 aliphatic rings. The number of nitrogens with zero attached hydrogens (tertiary/aromatic N) is 3. The molecule has 10 aromatic carbocycles. The van der Waals surface area contributed by atoms with E-state index >= 15 is 0 Å². The fourth-order valence-electron chi connectivity index (χ4n) is 12.8. The first-order chi connectivity index (χ1) is 33.7. The predicted molar refractivity (Wildman–Crippen MR) is 274 cm³/mol. The third kappa shape index (κ3) is 4.79. The Labute approximate surface area is 394 Å². The molecule has 0 saturated heterocycles. The highest BCUT2D eigenvalue weighted by molar-refractivity contribution is 6.01. The van der Waals surface area contributed by atoms with Gasteiger partial charge in [-0.15, -0.1) is 0 Å². The first-order valence-electron chi connectivity index (χ1n) is 23.5. The fourth-order valence-corrected chi connectivity index (χ4v) is 12.8. The van der Waals surface area contributed by atoms with Gasteiger partial charge >= 0.3 is 0 Å². The maximum atomic E-state index is 5.67. The molecule has 0 N–H and O–H groups in total. The second-order valence-electron chi connectivity index (χ2n) is 18.5. The van der Waals surface area contributed by atoms with Gasteiger partial charge in [0.15, 0.2) is 17.5 Å². The number of hydrogen-bond donors (Lipinski definition) is 0. The lowest BCUT2D eigenvalue weighted by Gasteiger charge is -2.34. The highest BCUT2D eigenvalue weighted by Gasteiger charge is 2.52. The van der Waals surface area contributed by atoms with Gasteiger partial charge in [-0.2, -0.15) is 0 Å². The third-order valence-electron chi connectivity index (χ3n) is 15.4. The standard InChI is InChI=1S/C65H39N3/c1-3-20-43(21-4-1)64(44-22-5-2-6-23-44)56-37-36-41-39-52(56)60-51(30-16-34-57(60)64)63-67-61(42-19-15-18-40(38-42)45-24-7-8-25-46(41)45)66-62(68-63)50-29-17-35-58-59(50)49-28-11-14-33-55(49)65(58)53-31-12-9-26-47(53)48-27-10-13-32-54(48)65/h1-39H. The SMILES string of the molecule is c1ccc(C2(c3ccccc3)c3ccc4cc3-c3c(cccc32)-c2nc(nc(-c3cccc5c3-c3ccccc3C53c5ccccc5-c5ccccc53)n2)-c2cccc(c2)-c2ccccc2-4)cc1. The molecule has 1 aromatic heterocycles. The molecule has 3 heteroatoms. The van der Waals surface area contributed by atoms with Crippen LogP contribution >= 0.6 is 0 Å². The van der Waals surface area contributed by atoms with Crippen LogP contribution in [0.5, 0.6) is 0 Å². The topological polar surface area (TPSA) is 38.7 Å². The molecule has 6 bridgehead atoms. The molecule has 0 atom stereocenters. The molecule has 0 saturated carbocycles. The first kappa shape index (κ1) is 37.4.